The fourth-order valence-electron chi connectivity index (χ4n) is 3.11. The molecule has 0 saturated heterocycles. The lowest BCUT2D eigenvalue weighted by Crippen LogP contribution is -2.27. The molecule has 1 N–H and O–H groups in total. The molecule has 28 heavy (non-hydrogen) atoms. The van der Waals surface area contributed by atoms with Gasteiger partial charge in [-0.05, 0) is 36.1 Å². The van der Waals surface area contributed by atoms with Gasteiger partial charge in [0.2, 0.25) is 0 Å². The Morgan fingerprint density at radius 3 is 2.32 bits per heavy atom. The van der Waals surface area contributed by atoms with E-state index in [2.05, 4.69) is 38.0 Å². The van der Waals surface area contributed by atoms with Crippen LogP contribution >= 0.6 is 0 Å². The Balaban J connectivity index is 2.00. The first-order valence-corrected chi connectivity index (χ1v) is 9.75. The Hall–Kier alpha value is -2.95. The highest BCUT2D eigenvalue weighted by Crippen LogP contribution is 2.19. The molecule has 5 nitrogen and oxygen atoms in total. The molecule has 2 aromatic carbocycles. The molecule has 0 aliphatic carbocycles. The minimum atomic E-state index is -0.107. The topological polar surface area (TPSA) is 64.0 Å². The predicted molar refractivity (Wildman–Crippen MR) is 113 cm³/mol. The van der Waals surface area contributed by atoms with E-state index in [0.717, 1.165) is 11.0 Å². The van der Waals surface area contributed by atoms with E-state index in [9.17, 15) is 9.59 Å². The third kappa shape index (κ3) is 4.30. The first kappa shape index (κ1) is 19.8. The molecular formula is C23H27N3O2. The van der Waals surface area contributed by atoms with Crippen molar-refractivity contribution in [3.8, 4) is 11.3 Å². The summed E-state index contributed by atoms with van der Waals surface area (Å²) < 4.78 is 1.80. The molecule has 3 rings (SSSR count). The second-order valence-electron chi connectivity index (χ2n) is 7.94. The molecule has 0 bridgehead atoms. The number of nitrogens with one attached hydrogen (secondary N) is 1. The summed E-state index contributed by atoms with van der Waals surface area (Å²) in [6.07, 6.45) is 0. The summed E-state index contributed by atoms with van der Waals surface area (Å²) >= 11 is 0. The zero-order chi connectivity index (χ0) is 20.3. The highest BCUT2D eigenvalue weighted by Gasteiger charge is 2.14. The van der Waals surface area contributed by atoms with Crippen molar-refractivity contribution >= 4 is 16.9 Å². The van der Waals surface area contributed by atoms with Crippen molar-refractivity contribution in [1.82, 2.24) is 14.9 Å². The fraction of sp³-hybridized carbons (Fsp3) is 0.348. The van der Waals surface area contributed by atoms with Crippen LogP contribution in [0.2, 0.25) is 0 Å². The molecule has 0 unspecified atom stereocenters. The average Bonchev–Trinajstić information content (AvgIpc) is 2.68. The van der Waals surface area contributed by atoms with Crippen LogP contribution in [0.25, 0.3) is 22.3 Å². The smallest absolute Gasteiger partial charge is 0.277 e. The van der Waals surface area contributed by atoms with Crippen LogP contribution in [0.1, 0.15) is 38.1 Å². The molecule has 0 atom stereocenters. The molecule has 146 valence electrons. The van der Waals surface area contributed by atoms with Gasteiger partial charge < -0.3 is 9.88 Å². The van der Waals surface area contributed by atoms with E-state index in [1.807, 2.05) is 24.3 Å². The van der Waals surface area contributed by atoms with E-state index in [0.29, 0.717) is 41.7 Å². The number of benzene rings is 2. The van der Waals surface area contributed by atoms with Crippen LogP contribution in [0, 0.1) is 11.8 Å². The Morgan fingerprint density at radius 1 is 1.00 bits per heavy atom. The number of aromatic nitrogens is 2. The van der Waals surface area contributed by atoms with Crippen LogP contribution in [-0.4, -0.2) is 22.0 Å². The molecule has 1 aromatic heterocycles. The number of para-hydroxylation sites is 2. The van der Waals surface area contributed by atoms with Crippen molar-refractivity contribution in [1.29, 1.82) is 0 Å². The van der Waals surface area contributed by atoms with Crippen molar-refractivity contribution < 1.29 is 4.79 Å². The van der Waals surface area contributed by atoms with Gasteiger partial charge in [0.1, 0.15) is 5.69 Å². The molecule has 0 spiro atoms. The minimum Gasteiger partial charge on any atom is -0.352 e. The number of fused-ring (bicyclic) bond motifs is 1. The van der Waals surface area contributed by atoms with Crippen LogP contribution in [-0.2, 0) is 6.54 Å². The van der Waals surface area contributed by atoms with Crippen LogP contribution in [0.15, 0.2) is 53.3 Å². The van der Waals surface area contributed by atoms with Gasteiger partial charge in [0.05, 0.1) is 11.0 Å². The van der Waals surface area contributed by atoms with Gasteiger partial charge in [-0.15, -0.1) is 0 Å². The molecule has 1 amide bonds. The highest BCUT2D eigenvalue weighted by atomic mass is 16.1. The fourth-order valence-corrected chi connectivity index (χ4v) is 3.11. The van der Waals surface area contributed by atoms with Crippen LogP contribution < -0.4 is 10.9 Å². The number of hydrogen-bond acceptors (Lipinski definition) is 3. The number of rotatable bonds is 6. The number of carbonyl (C=O) groups excluding carboxylic acids is 1. The lowest BCUT2D eigenvalue weighted by atomic mass is 10.1. The zero-order valence-corrected chi connectivity index (χ0v) is 16.9. The van der Waals surface area contributed by atoms with Crippen molar-refractivity contribution in [2.24, 2.45) is 11.8 Å². The molecule has 5 heteroatoms. The quantitative estimate of drug-likeness (QED) is 0.703. The number of hydrogen-bond donors (Lipinski definition) is 1. The normalized spacial score (nSPS) is 11.4. The van der Waals surface area contributed by atoms with E-state index >= 15 is 0 Å². The predicted octanol–water partition coefficient (Wildman–Crippen LogP) is 4.11. The van der Waals surface area contributed by atoms with Gasteiger partial charge in [0.15, 0.2) is 0 Å². The van der Waals surface area contributed by atoms with Crippen LogP contribution in [0.4, 0.5) is 0 Å². The first-order valence-electron chi connectivity index (χ1n) is 9.75. The van der Waals surface area contributed by atoms with Crippen molar-refractivity contribution in [2.45, 2.75) is 34.2 Å². The highest BCUT2D eigenvalue weighted by molar-refractivity contribution is 5.94. The maximum absolute atomic E-state index is 13.1. The Labute approximate surface area is 165 Å². The van der Waals surface area contributed by atoms with Crippen LogP contribution in [0.3, 0.4) is 0 Å². The van der Waals surface area contributed by atoms with Crippen molar-refractivity contribution in [2.75, 3.05) is 6.54 Å². The second kappa shape index (κ2) is 8.38. The Bertz CT molecular complexity index is 1030. The van der Waals surface area contributed by atoms with Crippen molar-refractivity contribution in [3.05, 3.63) is 64.4 Å². The monoisotopic (exact) mass is 377 g/mol. The van der Waals surface area contributed by atoms with E-state index in [1.54, 1.807) is 28.8 Å². The molecule has 0 saturated carbocycles. The van der Waals surface area contributed by atoms with Gasteiger partial charge in [-0.2, -0.15) is 0 Å². The average molecular weight is 377 g/mol. The molecule has 3 aromatic rings. The lowest BCUT2D eigenvalue weighted by molar-refractivity contribution is 0.0949. The lowest BCUT2D eigenvalue weighted by Gasteiger charge is -2.14. The molecule has 0 aliphatic heterocycles. The van der Waals surface area contributed by atoms with E-state index < -0.39 is 0 Å². The summed E-state index contributed by atoms with van der Waals surface area (Å²) in [6, 6.07) is 14.8. The molecular weight excluding hydrogens is 350 g/mol. The summed E-state index contributed by atoms with van der Waals surface area (Å²) in [6.45, 7) is 9.54. The SMILES string of the molecule is CC(C)CNC(=O)c1ccc(-c2nc3ccccc3n(CC(C)C)c2=O)cc1. The summed E-state index contributed by atoms with van der Waals surface area (Å²) in [5.74, 6) is 0.622. The van der Waals surface area contributed by atoms with Gasteiger partial charge in [-0.3, -0.25) is 9.59 Å². The molecule has 0 fully saturated rings. The van der Waals surface area contributed by atoms with Crippen molar-refractivity contribution in [3.63, 3.8) is 0 Å². The molecule has 0 aliphatic rings. The minimum absolute atomic E-state index is 0.107. The number of carbonyl (C=O) groups is 1. The van der Waals surface area contributed by atoms with Gasteiger partial charge in [0.25, 0.3) is 11.5 Å². The maximum Gasteiger partial charge on any atom is 0.277 e. The molecule has 1 heterocycles. The Kier molecular flexibility index (Phi) is 5.93. The van der Waals surface area contributed by atoms with E-state index in [-0.39, 0.29) is 11.5 Å². The van der Waals surface area contributed by atoms with E-state index in [1.165, 1.54) is 0 Å². The van der Waals surface area contributed by atoms with E-state index in [4.69, 9.17) is 0 Å². The van der Waals surface area contributed by atoms with Gasteiger partial charge in [0, 0.05) is 24.2 Å². The number of nitrogens with zero attached hydrogens (tertiary/aromatic N) is 2. The zero-order valence-electron chi connectivity index (χ0n) is 16.9. The standard InChI is InChI=1S/C23H27N3O2/c1-15(2)13-24-22(27)18-11-9-17(10-12-18)21-23(28)26(14-16(3)4)20-8-6-5-7-19(20)25-21/h5-12,15-16H,13-14H2,1-4H3,(H,24,27). The second-order valence-corrected chi connectivity index (χ2v) is 7.94. The summed E-state index contributed by atoms with van der Waals surface area (Å²) in [5, 5.41) is 2.90. The summed E-state index contributed by atoms with van der Waals surface area (Å²) in [4.78, 5) is 30.0. The third-order valence-electron chi connectivity index (χ3n) is 4.49. The maximum atomic E-state index is 13.1. The van der Waals surface area contributed by atoms with Gasteiger partial charge in [-0.1, -0.05) is 52.0 Å². The first-order chi connectivity index (χ1) is 13.4. The summed E-state index contributed by atoms with van der Waals surface area (Å²) in [5.41, 5.74) is 3.23. The number of amides is 1. The molecule has 0 radical (unpaired) electrons. The largest absolute Gasteiger partial charge is 0.352 e. The summed E-state index contributed by atoms with van der Waals surface area (Å²) in [7, 11) is 0. The van der Waals surface area contributed by atoms with Crippen LogP contribution in [0.5, 0.6) is 0 Å². The third-order valence-corrected chi connectivity index (χ3v) is 4.49. The Morgan fingerprint density at radius 2 is 1.68 bits per heavy atom. The van der Waals surface area contributed by atoms with Gasteiger partial charge in [-0.25, -0.2) is 4.98 Å². The van der Waals surface area contributed by atoms with Gasteiger partial charge >= 0.3 is 0 Å².